The van der Waals surface area contributed by atoms with Gasteiger partial charge < -0.3 is 14.8 Å². The number of benzene rings is 2. The van der Waals surface area contributed by atoms with E-state index >= 15 is 0 Å². The molecule has 1 amide bonds. The van der Waals surface area contributed by atoms with Gasteiger partial charge >= 0.3 is 0 Å². The zero-order chi connectivity index (χ0) is 22.6. The van der Waals surface area contributed by atoms with Gasteiger partial charge in [0.1, 0.15) is 16.5 Å². The van der Waals surface area contributed by atoms with E-state index in [0.717, 1.165) is 17.7 Å². The van der Waals surface area contributed by atoms with E-state index < -0.39 is 26.6 Å². The molecule has 1 aliphatic heterocycles. The highest BCUT2D eigenvalue weighted by Gasteiger charge is 2.29. The highest BCUT2D eigenvalue weighted by molar-refractivity contribution is 7.89. The zero-order valence-corrected chi connectivity index (χ0v) is 18.7. The molecule has 168 valence electrons. The minimum atomic E-state index is -4.03. The Morgan fingerprint density at radius 1 is 1.16 bits per heavy atom. The molecule has 0 saturated carbocycles. The third-order valence-electron chi connectivity index (χ3n) is 4.86. The van der Waals surface area contributed by atoms with Gasteiger partial charge in [-0.3, -0.25) is 4.79 Å². The van der Waals surface area contributed by atoms with Gasteiger partial charge in [0.2, 0.25) is 10.0 Å². The van der Waals surface area contributed by atoms with E-state index in [1.54, 1.807) is 6.07 Å². The van der Waals surface area contributed by atoms with E-state index in [4.69, 9.17) is 9.47 Å². The minimum Gasteiger partial charge on any atom is -0.483 e. The summed E-state index contributed by atoms with van der Waals surface area (Å²) in [5.74, 6) is -0.760. The number of amides is 1. The molecule has 2 aromatic rings. The first-order valence-electron chi connectivity index (χ1n) is 9.98. The SMILES string of the molecule is CC(C)(C)c1ccccc1OCC(=O)Nc1ccc(F)c(S(=O)(=O)N2CCOCC2)c1. The number of morpholine rings is 1. The molecule has 0 radical (unpaired) electrons. The average molecular weight is 451 g/mol. The third kappa shape index (κ3) is 5.61. The smallest absolute Gasteiger partial charge is 0.262 e. The summed E-state index contributed by atoms with van der Waals surface area (Å²) >= 11 is 0. The third-order valence-corrected chi connectivity index (χ3v) is 6.77. The van der Waals surface area contributed by atoms with Gasteiger partial charge in [0.25, 0.3) is 5.91 Å². The Labute approximate surface area is 182 Å². The first-order chi connectivity index (χ1) is 14.6. The van der Waals surface area contributed by atoms with Gasteiger partial charge in [0.15, 0.2) is 6.61 Å². The minimum absolute atomic E-state index is 0.152. The molecule has 7 nitrogen and oxygen atoms in total. The van der Waals surface area contributed by atoms with Gasteiger partial charge in [-0.2, -0.15) is 4.31 Å². The van der Waals surface area contributed by atoms with Gasteiger partial charge in [0, 0.05) is 18.8 Å². The van der Waals surface area contributed by atoms with E-state index in [1.165, 1.54) is 10.4 Å². The van der Waals surface area contributed by atoms with Gasteiger partial charge in [-0.25, -0.2) is 12.8 Å². The molecule has 3 rings (SSSR count). The zero-order valence-electron chi connectivity index (χ0n) is 17.9. The van der Waals surface area contributed by atoms with Crippen LogP contribution in [0.25, 0.3) is 0 Å². The molecule has 9 heteroatoms. The summed E-state index contributed by atoms with van der Waals surface area (Å²) in [6, 6.07) is 10.9. The second-order valence-electron chi connectivity index (χ2n) is 8.24. The van der Waals surface area contributed by atoms with Crippen LogP contribution < -0.4 is 10.1 Å². The molecule has 0 aromatic heterocycles. The summed E-state index contributed by atoms with van der Waals surface area (Å²) in [5, 5.41) is 2.57. The van der Waals surface area contributed by atoms with Gasteiger partial charge in [0.05, 0.1) is 13.2 Å². The van der Waals surface area contributed by atoms with Crippen molar-refractivity contribution in [3.63, 3.8) is 0 Å². The fourth-order valence-corrected chi connectivity index (χ4v) is 4.76. The normalized spacial score (nSPS) is 15.5. The van der Waals surface area contributed by atoms with E-state index in [-0.39, 0.29) is 44.0 Å². The number of ether oxygens (including phenoxy) is 2. The monoisotopic (exact) mass is 450 g/mol. The highest BCUT2D eigenvalue weighted by Crippen LogP contribution is 2.31. The standard InChI is InChI=1S/C22H27FN2O5S/c1-22(2,3)17-6-4-5-7-19(17)30-15-21(26)24-16-8-9-18(23)20(14-16)31(27,28)25-10-12-29-13-11-25/h4-9,14H,10-13,15H2,1-3H3,(H,24,26). The number of nitrogens with one attached hydrogen (secondary N) is 1. The molecule has 1 saturated heterocycles. The Kier molecular flexibility index (Phi) is 6.98. The number of rotatable bonds is 6. The van der Waals surface area contributed by atoms with Crippen molar-refractivity contribution < 1.29 is 27.1 Å². The Morgan fingerprint density at radius 2 is 1.84 bits per heavy atom. The predicted octanol–water partition coefficient (Wildman–Crippen LogP) is 3.16. The Morgan fingerprint density at radius 3 is 2.52 bits per heavy atom. The maximum absolute atomic E-state index is 14.3. The van der Waals surface area contributed by atoms with Crippen molar-refractivity contribution in [2.45, 2.75) is 31.1 Å². The molecular weight excluding hydrogens is 423 g/mol. The van der Waals surface area contributed by atoms with Crippen LogP contribution in [0.1, 0.15) is 26.3 Å². The molecule has 31 heavy (non-hydrogen) atoms. The predicted molar refractivity (Wildman–Crippen MR) is 115 cm³/mol. The second-order valence-corrected chi connectivity index (χ2v) is 10.2. The Hall–Kier alpha value is -2.49. The maximum atomic E-state index is 14.3. The molecule has 0 aliphatic carbocycles. The van der Waals surface area contributed by atoms with Crippen LogP contribution in [0.15, 0.2) is 47.4 Å². The molecule has 0 bridgehead atoms. The van der Waals surface area contributed by atoms with Crippen molar-refractivity contribution in [3.8, 4) is 5.75 Å². The maximum Gasteiger partial charge on any atom is 0.262 e. The number of sulfonamides is 1. The molecule has 0 spiro atoms. The van der Waals surface area contributed by atoms with Crippen molar-refractivity contribution in [1.29, 1.82) is 0 Å². The summed E-state index contributed by atoms with van der Waals surface area (Å²) in [6.45, 7) is 6.68. The van der Waals surface area contributed by atoms with Crippen LogP contribution in [0.2, 0.25) is 0 Å². The molecule has 0 unspecified atom stereocenters. The van der Waals surface area contributed by atoms with Crippen molar-refractivity contribution in [2.75, 3.05) is 38.2 Å². The van der Waals surface area contributed by atoms with Crippen LogP contribution in [-0.4, -0.2) is 51.5 Å². The van der Waals surface area contributed by atoms with Crippen LogP contribution >= 0.6 is 0 Å². The van der Waals surface area contributed by atoms with E-state index in [9.17, 15) is 17.6 Å². The van der Waals surface area contributed by atoms with Gasteiger partial charge in [-0.05, 0) is 35.2 Å². The number of anilines is 1. The number of carbonyl (C=O) groups excluding carboxylic acids is 1. The molecule has 2 aromatic carbocycles. The van der Waals surface area contributed by atoms with Crippen LogP contribution in [-0.2, 0) is 25.0 Å². The van der Waals surface area contributed by atoms with Crippen LogP contribution in [0.5, 0.6) is 5.75 Å². The first kappa shape index (κ1) is 23.2. The largest absolute Gasteiger partial charge is 0.483 e. The van der Waals surface area contributed by atoms with Crippen LogP contribution in [0.3, 0.4) is 0 Å². The molecular formula is C22H27FN2O5S. The van der Waals surface area contributed by atoms with Gasteiger partial charge in [-0.1, -0.05) is 39.0 Å². The molecule has 0 atom stereocenters. The van der Waals surface area contributed by atoms with Crippen molar-refractivity contribution in [3.05, 3.63) is 53.8 Å². The fraction of sp³-hybridized carbons (Fsp3) is 0.409. The molecule has 1 aliphatic rings. The van der Waals surface area contributed by atoms with Crippen molar-refractivity contribution in [2.24, 2.45) is 0 Å². The number of hydrogen-bond donors (Lipinski definition) is 1. The van der Waals surface area contributed by atoms with E-state index in [0.29, 0.717) is 5.75 Å². The van der Waals surface area contributed by atoms with Crippen LogP contribution in [0, 0.1) is 5.82 Å². The van der Waals surface area contributed by atoms with Crippen LogP contribution in [0.4, 0.5) is 10.1 Å². The molecule has 1 N–H and O–H groups in total. The summed E-state index contributed by atoms with van der Waals surface area (Å²) < 4.78 is 51.9. The first-order valence-corrected chi connectivity index (χ1v) is 11.4. The topological polar surface area (TPSA) is 84.9 Å². The summed E-state index contributed by atoms with van der Waals surface area (Å²) in [7, 11) is -4.03. The Balaban J connectivity index is 1.71. The van der Waals surface area contributed by atoms with E-state index in [2.05, 4.69) is 5.32 Å². The highest BCUT2D eigenvalue weighted by atomic mass is 32.2. The second kappa shape index (κ2) is 9.33. The quantitative estimate of drug-likeness (QED) is 0.731. The lowest BCUT2D eigenvalue weighted by Crippen LogP contribution is -2.40. The lowest BCUT2D eigenvalue weighted by atomic mass is 9.86. The van der Waals surface area contributed by atoms with Crippen molar-refractivity contribution in [1.82, 2.24) is 4.31 Å². The summed E-state index contributed by atoms with van der Waals surface area (Å²) in [5.41, 5.74) is 0.974. The molecule has 1 fully saturated rings. The fourth-order valence-electron chi connectivity index (χ4n) is 3.26. The van der Waals surface area contributed by atoms with E-state index in [1.807, 2.05) is 39.0 Å². The number of para-hydroxylation sites is 1. The number of nitrogens with zero attached hydrogens (tertiary/aromatic N) is 1. The summed E-state index contributed by atoms with van der Waals surface area (Å²) in [6.07, 6.45) is 0. The average Bonchev–Trinajstić information content (AvgIpc) is 2.73. The van der Waals surface area contributed by atoms with Gasteiger partial charge in [-0.15, -0.1) is 0 Å². The number of halogens is 1. The lowest BCUT2D eigenvalue weighted by molar-refractivity contribution is -0.118. The summed E-state index contributed by atoms with van der Waals surface area (Å²) in [4.78, 5) is 11.9. The molecule has 1 heterocycles. The number of carbonyl (C=O) groups is 1. The lowest BCUT2D eigenvalue weighted by Gasteiger charge is -2.26. The Bertz CT molecular complexity index is 1040. The number of hydrogen-bond acceptors (Lipinski definition) is 5. The van der Waals surface area contributed by atoms with Crippen molar-refractivity contribution >= 4 is 21.6 Å².